The van der Waals surface area contributed by atoms with E-state index in [2.05, 4.69) is 5.32 Å². The lowest BCUT2D eigenvalue weighted by Gasteiger charge is -2.23. The SMILES string of the molecule is CCOC(=O)CN(C)C(=O)N[C@H](C(=O)O)[C@@H](C)CC. The number of carboxylic acid groups (broad SMARTS) is 1. The third kappa shape index (κ3) is 6.08. The smallest absolute Gasteiger partial charge is 0.326 e. The van der Waals surface area contributed by atoms with Crippen molar-refractivity contribution in [3.05, 3.63) is 0 Å². The maximum atomic E-state index is 11.8. The zero-order valence-corrected chi connectivity index (χ0v) is 11.8. The Balaban J connectivity index is 4.47. The van der Waals surface area contributed by atoms with Gasteiger partial charge in [0.15, 0.2) is 0 Å². The summed E-state index contributed by atoms with van der Waals surface area (Å²) < 4.78 is 4.71. The Labute approximate surface area is 112 Å². The van der Waals surface area contributed by atoms with Crippen LogP contribution in [0.3, 0.4) is 0 Å². The number of likely N-dealkylation sites (N-methyl/N-ethyl adjacent to an activating group) is 1. The highest BCUT2D eigenvalue weighted by molar-refractivity contribution is 5.85. The number of ether oxygens (including phenoxy) is 1. The number of nitrogens with one attached hydrogen (secondary N) is 1. The second-order valence-electron chi connectivity index (χ2n) is 4.31. The van der Waals surface area contributed by atoms with Gasteiger partial charge in [-0.2, -0.15) is 0 Å². The zero-order valence-electron chi connectivity index (χ0n) is 11.8. The van der Waals surface area contributed by atoms with E-state index in [1.54, 1.807) is 13.8 Å². The Morgan fingerprint density at radius 3 is 2.32 bits per heavy atom. The molecule has 19 heavy (non-hydrogen) atoms. The fourth-order valence-corrected chi connectivity index (χ4v) is 1.40. The van der Waals surface area contributed by atoms with Gasteiger partial charge in [0.05, 0.1) is 6.61 Å². The molecule has 0 aromatic heterocycles. The highest BCUT2D eigenvalue weighted by Gasteiger charge is 2.27. The Morgan fingerprint density at radius 2 is 1.89 bits per heavy atom. The summed E-state index contributed by atoms with van der Waals surface area (Å²) in [7, 11) is 1.40. The number of hydrogen-bond donors (Lipinski definition) is 2. The van der Waals surface area contributed by atoms with Crippen LogP contribution in [0.4, 0.5) is 4.79 Å². The van der Waals surface area contributed by atoms with Gasteiger partial charge >= 0.3 is 18.0 Å². The number of esters is 1. The summed E-state index contributed by atoms with van der Waals surface area (Å²) in [6.45, 7) is 5.27. The van der Waals surface area contributed by atoms with E-state index in [0.29, 0.717) is 6.42 Å². The molecule has 0 aliphatic heterocycles. The molecular formula is C12H22N2O5. The molecule has 7 nitrogen and oxygen atoms in total. The van der Waals surface area contributed by atoms with Crippen LogP contribution in [0.15, 0.2) is 0 Å². The van der Waals surface area contributed by atoms with Crippen LogP contribution in [0, 0.1) is 5.92 Å². The largest absolute Gasteiger partial charge is 0.480 e. The lowest BCUT2D eigenvalue weighted by atomic mass is 9.99. The van der Waals surface area contributed by atoms with E-state index < -0.39 is 24.0 Å². The van der Waals surface area contributed by atoms with Crippen molar-refractivity contribution in [2.75, 3.05) is 20.2 Å². The first-order chi connectivity index (χ1) is 8.83. The molecule has 0 spiro atoms. The first-order valence-electron chi connectivity index (χ1n) is 6.23. The predicted octanol–water partition coefficient (Wildman–Crippen LogP) is 0.690. The molecule has 2 amide bonds. The zero-order chi connectivity index (χ0) is 15.0. The number of amides is 2. The molecule has 2 atom stereocenters. The molecule has 0 aromatic rings. The molecule has 0 heterocycles. The van der Waals surface area contributed by atoms with Gasteiger partial charge in [-0.05, 0) is 12.8 Å². The fraction of sp³-hybridized carbons (Fsp3) is 0.750. The van der Waals surface area contributed by atoms with Gasteiger partial charge in [0, 0.05) is 7.05 Å². The van der Waals surface area contributed by atoms with Gasteiger partial charge in [-0.3, -0.25) is 4.79 Å². The van der Waals surface area contributed by atoms with Crippen molar-refractivity contribution in [1.82, 2.24) is 10.2 Å². The predicted molar refractivity (Wildman–Crippen MR) is 68.7 cm³/mol. The van der Waals surface area contributed by atoms with Crippen LogP contribution in [0.25, 0.3) is 0 Å². The first-order valence-corrected chi connectivity index (χ1v) is 6.23. The summed E-state index contributed by atoms with van der Waals surface area (Å²) in [4.78, 5) is 35.1. The summed E-state index contributed by atoms with van der Waals surface area (Å²) in [6.07, 6.45) is 0.624. The van der Waals surface area contributed by atoms with E-state index >= 15 is 0 Å². The summed E-state index contributed by atoms with van der Waals surface area (Å²) in [5.74, 6) is -1.82. The fourth-order valence-electron chi connectivity index (χ4n) is 1.40. The second-order valence-corrected chi connectivity index (χ2v) is 4.31. The van der Waals surface area contributed by atoms with Gasteiger partial charge < -0.3 is 20.1 Å². The van der Waals surface area contributed by atoms with Crippen molar-refractivity contribution < 1.29 is 24.2 Å². The van der Waals surface area contributed by atoms with Crippen LogP contribution >= 0.6 is 0 Å². The van der Waals surface area contributed by atoms with Crippen LogP contribution in [0.2, 0.25) is 0 Å². The van der Waals surface area contributed by atoms with E-state index in [-0.39, 0.29) is 19.1 Å². The number of carbonyl (C=O) groups excluding carboxylic acids is 2. The van der Waals surface area contributed by atoms with Crippen molar-refractivity contribution in [1.29, 1.82) is 0 Å². The van der Waals surface area contributed by atoms with Gasteiger partial charge in [0.2, 0.25) is 0 Å². The Morgan fingerprint density at radius 1 is 1.32 bits per heavy atom. The average Bonchev–Trinajstić information content (AvgIpc) is 2.34. The summed E-state index contributed by atoms with van der Waals surface area (Å²) >= 11 is 0. The molecule has 0 aromatic carbocycles. The van der Waals surface area contributed by atoms with Crippen LogP contribution in [-0.2, 0) is 14.3 Å². The highest BCUT2D eigenvalue weighted by atomic mass is 16.5. The number of hydrogen-bond acceptors (Lipinski definition) is 4. The molecule has 0 unspecified atom stereocenters. The Hall–Kier alpha value is -1.79. The standard InChI is InChI=1S/C12H22N2O5/c1-5-8(3)10(11(16)17)13-12(18)14(4)7-9(15)19-6-2/h8,10H,5-7H2,1-4H3,(H,13,18)(H,16,17)/t8-,10-/m0/s1. The van der Waals surface area contributed by atoms with Gasteiger partial charge in [-0.1, -0.05) is 20.3 Å². The third-order valence-electron chi connectivity index (χ3n) is 2.78. The minimum atomic E-state index is -1.09. The van der Waals surface area contributed by atoms with Gasteiger partial charge in [-0.25, -0.2) is 9.59 Å². The number of carboxylic acids is 1. The minimum Gasteiger partial charge on any atom is -0.480 e. The summed E-state index contributed by atoms with van der Waals surface area (Å²) in [5, 5.41) is 11.4. The van der Waals surface area contributed by atoms with Crippen LogP contribution in [0.5, 0.6) is 0 Å². The van der Waals surface area contributed by atoms with Crippen molar-refractivity contribution >= 4 is 18.0 Å². The lowest BCUT2D eigenvalue weighted by Crippen LogP contribution is -2.50. The Bertz CT molecular complexity index is 332. The topological polar surface area (TPSA) is 95.9 Å². The third-order valence-corrected chi connectivity index (χ3v) is 2.78. The van der Waals surface area contributed by atoms with Gasteiger partial charge in [0.1, 0.15) is 12.6 Å². The second kappa shape index (κ2) is 8.34. The molecule has 0 bridgehead atoms. The van der Waals surface area contributed by atoms with Crippen molar-refractivity contribution in [2.45, 2.75) is 33.2 Å². The van der Waals surface area contributed by atoms with Crippen LogP contribution in [0.1, 0.15) is 27.2 Å². The van der Waals surface area contributed by atoms with E-state index in [1.165, 1.54) is 7.05 Å². The molecule has 0 aliphatic rings. The number of carbonyl (C=O) groups is 3. The maximum absolute atomic E-state index is 11.8. The van der Waals surface area contributed by atoms with Crippen molar-refractivity contribution in [3.63, 3.8) is 0 Å². The number of nitrogens with zero attached hydrogens (tertiary/aromatic N) is 1. The number of aliphatic carboxylic acids is 1. The minimum absolute atomic E-state index is 0.197. The van der Waals surface area contributed by atoms with Gasteiger partial charge in [-0.15, -0.1) is 0 Å². The van der Waals surface area contributed by atoms with Crippen LogP contribution < -0.4 is 5.32 Å². The summed E-state index contributed by atoms with van der Waals surface area (Å²) in [5.41, 5.74) is 0. The molecule has 0 saturated heterocycles. The summed E-state index contributed by atoms with van der Waals surface area (Å²) in [6, 6.07) is -1.58. The molecule has 0 rings (SSSR count). The Kier molecular flexibility index (Phi) is 7.55. The molecule has 0 radical (unpaired) electrons. The van der Waals surface area contributed by atoms with Crippen molar-refractivity contribution in [3.8, 4) is 0 Å². The monoisotopic (exact) mass is 274 g/mol. The van der Waals surface area contributed by atoms with E-state index in [4.69, 9.17) is 9.84 Å². The van der Waals surface area contributed by atoms with E-state index in [9.17, 15) is 14.4 Å². The maximum Gasteiger partial charge on any atom is 0.326 e. The first kappa shape index (κ1) is 17.2. The highest BCUT2D eigenvalue weighted by Crippen LogP contribution is 2.08. The van der Waals surface area contributed by atoms with E-state index in [0.717, 1.165) is 4.90 Å². The van der Waals surface area contributed by atoms with Crippen LogP contribution in [-0.4, -0.2) is 54.2 Å². The molecule has 7 heteroatoms. The molecule has 0 saturated carbocycles. The molecule has 0 fully saturated rings. The number of urea groups is 1. The normalized spacial score (nSPS) is 13.3. The molecular weight excluding hydrogens is 252 g/mol. The molecule has 110 valence electrons. The van der Waals surface area contributed by atoms with Gasteiger partial charge in [0.25, 0.3) is 0 Å². The average molecular weight is 274 g/mol. The lowest BCUT2D eigenvalue weighted by molar-refractivity contribution is -0.143. The molecule has 0 aliphatic carbocycles. The quantitative estimate of drug-likeness (QED) is 0.666. The van der Waals surface area contributed by atoms with Crippen molar-refractivity contribution in [2.24, 2.45) is 5.92 Å². The number of rotatable bonds is 7. The molecule has 2 N–H and O–H groups in total. The van der Waals surface area contributed by atoms with E-state index in [1.807, 2.05) is 6.92 Å².